The van der Waals surface area contributed by atoms with Crippen molar-refractivity contribution >= 4 is 33.5 Å². The van der Waals surface area contributed by atoms with Crippen molar-refractivity contribution in [3.05, 3.63) is 207 Å². The minimum Gasteiger partial charge on any atom is -0.669 e. The fourth-order valence-corrected chi connectivity index (χ4v) is 6.66. The fourth-order valence-electron chi connectivity index (χ4n) is 6.66. The molecule has 0 unspecified atom stereocenters. The number of aromatic nitrogens is 3. The summed E-state index contributed by atoms with van der Waals surface area (Å²) in [6.45, 7) is 0. The monoisotopic (exact) mass is 1140 g/mol. The molecule has 0 N–H and O–H groups in total. The average molecular weight is 1140 g/mol. The molecule has 4 heterocycles. The van der Waals surface area contributed by atoms with Gasteiger partial charge in [-0.15, -0.1) is 48.0 Å². The molecule has 0 radical (unpaired) electrons. The van der Waals surface area contributed by atoms with Gasteiger partial charge in [0.1, 0.15) is 5.69 Å². The summed E-state index contributed by atoms with van der Waals surface area (Å²) in [6, 6.07) is 67.8. The summed E-state index contributed by atoms with van der Waals surface area (Å²) >= 11 is 0. The molecule has 0 fully saturated rings. The summed E-state index contributed by atoms with van der Waals surface area (Å²) in [4.78, 5) is 4.62. The van der Waals surface area contributed by atoms with E-state index in [1.54, 1.807) is 23.2 Å². The van der Waals surface area contributed by atoms with E-state index in [1.807, 2.05) is 114 Å². The Bertz CT molecular complexity index is 3030. The molecule has 0 saturated carbocycles. The number of hydrogen-bond acceptors (Lipinski definition) is 3. The number of rotatable bonds is 8. The maximum absolute atomic E-state index is 6.57. The van der Waals surface area contributed by atoms with Crippen LogP contribution in [0.5, 0.6) is 23.0 Å². The smallest absolute Gasteiger partial charge is 0.669 e. The minimum atomic E-state index is 0. The molecular weight excluding hydrogens is 1100 g/mol. The van der Waals surface area contributed by atoms with Gasteiger partial charge in [0.15, 0.2) is 7.05 Å². The number of para-hydroxylation sites is 3. The maximum atomic E-state index is 6.57. The summed E-state index contributed by atoms with van der Waals surface area (Å²) < 4.78 is 20.1. The van der Waals surface area contributed by atoms with Gasteiger partial charge in [-0.05, 0) is 24.3 Å². The molecule has 10 rings (SSSR count). The quantitative estimate of drug-likeness (QED) is 0.0865. The van der Waals surface area contributed by atoms with E-state index in [9.17, 15) is 0 Å². The zero-order valence-electron chi connectivity index (χ0n) is 31.9. The van der Waals surface area contributed by atoms with E-state index in [2.05, 4.69) is 107 Å². The molecule has 60 heavy (non-hydrogen) atoms. The van der Waals surface area contributed by atoms with Crippen LogP contribution in [0.15, 0.2) is 171 Å². The van der Waals surface area contributed by atoms with Gasteiger partial charge in [-0.25, -0.2) is 24.2 Å². The Kier molecular flexibility index (Phi) is 13.0. The third-order valence-corrected chi connectivity index (χ3v) is 9.28. The summed E-state index contributed by atoms with van der Waals surface area (Å²) in [5.74, 6) is 2.30. The Morgan fingerprint density at radius 3 is 1.95 bits per heavy atom. The molecule has 7 nitrogen and oxygen atoms in total. The van der Waals surface area contributed by atoms with Crippen LogP contribution >= 0.6 is 0 Å². The van der Waals surface area contributed by atoms with Gasteiger partial charge in [0.05, 0.1) is 11.0 Å². The van der Waals surface area contributed by atoms with Crippen molar-refractivity contribution in [2.45, 2.75) is 0 Å². The van der Waals surface area contributed by atoms with Gasteiger partial charge in [0, 0.05) is 46.2 Å². The van der Waals surface area contributed by atoms with Crippen LogP contribution in [0.1, 0.15) is 0 Å². The summed E-state index contributed by atoms with van der Waals surface area (Å²) in [7, 11) is 1.94. The molecule has 0 aliphatic carbocycles. The van der Waals surface area contributed by atoms with Crippen molar-refractivity contribution in [2.75, 3.05) is 7.05 Å². The van der Waals surface area contributed by atoms with Crippen LogP contribution in [0, 0.1) is 42.8 Å². The van der Waals surface area contributed by atoms with E-state index >= 15 is 0 Å². The second kappa shape index (κ2) is 18.9. The van der Waals surface area contributed by atoms with Crippen molar-refractivity contribution in [1.29, 1.82) is 0 Å². The van der Waals surface area contributed by atoms with Crippen LogP contribution in [0.3, 0.4) is 0 Å². The molecule has 0 bridgehead atoms. The topological polar surface area (TPSA) is 47.2 Å². The first-order valence-electron chi connectivity index (χ1n) is 18.4. The van der Waals surface area contributed by atoms with Crippen LogP contribution in [-0.2, 0) is 42.1 Å². The van der Waals surface area contributed by atoms with E-state index in [4.69, 9.17) is 15.9 Å². The molecule has 3 aromatic heterocycles. The Morgan fingerprint density at radius 2 is 1.30 bits per heavy atom. The molecule has 1 aliphatic rings. The van der Waals surface area contributed by atoms with Crippen LogP contribution in [0.4, 0.5) is 5.69 Å². The number of nitrogens with zero attached hydrogens (tertiary/aromatic N) is 5. The molecule has 9 heteroatoms. The predicted octanol–water partition coefficient (Wildman–Crippen LogP) is 10.9. The zero-order valence-corrected chi connectivity index (χ0v) is 36.4. The van der Waals surface area contributed by atoms with E-state index in [1.165, 1.54) is 10.8 Å². The number of pyridine rings is 1. The second-order valence-corrected chi connectivity index (χ2v) is 13.2. The zero-order chi connectivity index (χ0) is 39.3. The van der Waals surface area contributed by atoms with Gasteiger partial charge in [-0.2, -0.15) is 30.3 Å². The van der Waals surface area contributed by atoms with Crippen LogP contribution in [0.2, 0.25) is 0 Å². The van der Waals surface area contributed by atoms with Crippen molar-refractivity contribution in [3.63, 3.8) is 0 Å². The summed E-state index contributed by atoms with van der Waals surface area (Å²) in [6.07, 6.45) is 15.7. The molecule has 0 amide bonds. The van der Waals surface area contributed by atoms with Crippen molar-refractivity contribution in [2.24, 2.45) is 0 Å². The van der Waals surface area contributed by atoms with E-state index in [0.29, 0.717) is 23.0 Å². The first-order valence-corrected chi connectivity index (χ1v) is 18.4. The Labute approximate surface area is 377 Å². The van der Waals surface area contributed by atoms with Crippen molar-refractivity contribution in [3.8, 4) is 57.1 Å². The molecule has 6 aromatic carbocycles. The minimum absolute atomic E-state index is 0. The van der Waals surface area contributed by atoms with E-state index in [0.717, 1.165) is 44.8 Å². The van der Waals surface area contributed by atoms with Gasteiger partial charge in [0.2, 0.25) is 6.20 Å². The molecule has 0 saturated heterocycles. The second-order valence-electron chi connectivity index (χ2n) is 13.2. The van der Waals surface area contributed by atoms with Gasteiger partial charge < -0.3 is 30.0 Å². The van der Waals surface area contributed by atoms with Gasteiger partial charge in [-0.1, -0.05) is 81.3 Å². The van der Waals surface area contributed by atoms with Gasteiger partial charge in [-0.3, -0.25) is 11.1 Å². The van der Waals surface area contributed by atoms with Crippen molar-refractivity contribution < 1.29 is 60.8 Å². The summed E-state index contributed by atoms with van der Waals surface area (Å²) in [5.41, 5.74) is 7.10. The first-order chi connectivity index (χ1) is 28.6. The Morgan fingerprint density at radius 1 is 0.650 bits per heavy atom. The number of hydrogen-bond donors (Lipinski definition) is 0. The first kappa shape index (κ1) is 41.4. The van der Waals surface area contributed by atoms with Gasteiger partial charge >= 0.3 is 48.1 Å². The van der Waals surface area contributed by atoms with Crippen molar-refractivity contribution in [1.82, 2.24) is 14.1 Å². The normalized spacial score (nSPS) is 11.3. The third kappa shape index (κ3) is 9.08. The SMILES string of the molecule is C[N+]1=C=[N+](c2[c-]c(Oc3[c-]c(-c4cc(-c5[c-]c(Oc6[c-]cccc6)ccc5)[c-]cn4)ccc3)cc(-n3c4ccccc4c4ccccc43)c2)C=C1.[C-]#Cn1cccc1.[Pt+2].[Pt+4]. The number of fused-ring (bicyclic) bond motifs is 3. The largest absolute Gasteiger partial charge is 4.00 e. The van der Waals surface area contributed by atoms with Gasteiger partial charge in [0.25, 0.3) is 6.20 Å². The van der Waals surface area contributed by atoms with Crippen LogP contribution in [-0.4, -0.2) is 36.3 Å². The summed E-state index contributed by atoms with van der Waals surface area (Å²) in [5, 5.41) is 2.37. The molecule has 1 aliphatic heterocycles. The molecule has 290 valence electrons. The third-order valence-electron chi connectivity index (χ3n) is 9.28. The Hall–Kier alpha value is -6.79. The number of ether oxygens (including phenoxy) is 2. The average Bonchev–Trinajstić information content (AvgIpc) is 4.04. The number of benzene rings is 6. The molecular formula is C51H31N5O2Pt2+2. The fraction of sp³-hybridized carbons (Fsp3) is 0.0196. The Balaban J connectivity index is 0.000000552. The van der Waals surface area contributed by atoms with Crippen LogP contribution < -0.4 is 9.47 Å². The van der Waals surface area contributed by atoms with E-state index in [-0.39, 0.29) is 42.1 Å². The standard InChI is InChI=1S/C45H27N4O2.C6H4N.2Pt/c1-47-23-24-48(31-47)35-28-36(49-44-19-7-5-17-41(44)42-18-6-8-20-45(42)49)30-40(29-35)51-39-16-10-12-34(26-39)43-27-33(21-22-46-43)32-11-9-15-38(25-32)50-37-13-3-2-4-14-37;1-2-7-5-3-4-6-7;;/h2-13,15-20,22-24,27-28,30H,1H3;3-6H;;/q-3;-1;+2;+4. The van der Waals surface area contributed by atoms with Crippen LogP contribution in [0.25, 0.3) is 49.9 Å². The molecule has 0 spiro atoms. The van der Waals surface area contributed by atoms with E-state index < -0.39 is 0 Å². The maximum Gasteiger partial charge on any atom is 4.00 e. The predicted molar refractivity (Wildman–Crippen MR) is 224 cm³/mol. The molecule has 9 aromatic rings. The molecule has 0 atom stereocenters.